The van der Waals surface area contributed by atoms with Crippen molar-refractivity contribution >= 4 is 35.5 Å². The average molecular weight is 733 g/mol. The highest BCUT2D eigenvalue weighted by Crippen LogP contribution is 2.43. The topological polar surface area (TPSA) is 40.3 Å². The second-order valence-corrected chi connectivity index (χ2v) is 14.1. The summed E-state index contributed by atoms with van der Waals surface area (Å²) in [5.74, 6) is 1.17. The Kier molecular flexibility index (Phi) is 9.98. The van der Waals surface area contributed by atoms with Crippen LogP contribution in [0.25, 0.3) is 33.4 Å². The number of anilines is 3. The van der Waals surface area contributed by atoms with E-state index in [0.29, 0.717) is 18.2 Å². The lowest BCUT2D eigenvalue weighted by atomic mass is 9.98. The Hall–Kier alpha value is -7.43. The van der Waals surface area contributed by atoms with Gasteiger partial charge in [0, 0.05) is 28.2 Å². The monoisotopic (exact) mass is 732 g/mol. The summed E-state index contributed by atoms with van der Waals surface area (Å²) >= 11 is 0. The Balaban J connectivity index is 0.952. The van der Waals surface area contributed by atoms with E-state index in [1.807, 2.05) is 60.7 Å². The first-order valence-electron chi connectivity index (χ1n) is 19.3. The minimum Gasteiger partial charge on any atom is -0.310 e. The van der Waals surface area contributed by atoms with E-state index in [1.54, 1.807) is 0 Å². The Labute approximate surface area is 334 Å². The molecule has 57 heavy (non-hydrogen) atoms. The van der Waals surface area contributed by atoms with Crippen LogP contribution in [0.2, 0.25) is 0 Å². The van der Waals surface area contributed by atoms with Crippen LogP contribution in [-0.4, -0.2) is 18.4 Å². The third-order valence-electron chi connectivity index (χ3n) is 10.5. The van der Waals surface area contributed by atoms with Crippen LogP contribution < -0.4 is 4.90 Å². The molecular weight excluding hydrogens is 693 g/mol. The van der Waals surface area contributed by atoms with Crippen LogP contribution in [0.3, 0.4) is 0 Å². The molecule has 1 aliphatic rings. The van der Waals surface area contributed by atoms with Gasteiger partial charge < -0.3 is 4.90 Å². The van der Waals surface area contributed by atoms with E-state index < -0.39 is 0 Å². The number of hydrogen-bond acceptors (Lipinski definition) is 2. The molecule has 0 saturated carbocycles. The SMILES string of the molecule is C=N/C(=N\C(=N/Cc1ccc(-c2ccc3c(c2)Cc2cc(N(c4ccccc4)c4ccc(-c5ccccc5)cc4)ccc2-3)cc1)c1ccccc1)c1ccccc1. The maximum absolute atomic E-state index is 4.96. The summed E-state index contributed by atoms with van der Waals surface area (Å²) in [5.41, 5.74) is 16.5. The summed E-state index contributed by atoms with van der Waals surface area (Å²) in [6, 6.07) is 72.5. The molecule has 0 unspecified atom stereocenters. The number of hydrogen-bond donors (Lipinski definition) is 0. The fourth-order valence-corrected chi connectivity index (χ4v) is 7.60. The van der Waals surface area contributed by atoms with E-state index in [2.05, 4.69) is 162 Å². The molecule has 4 nitrogen and oxygen atoms in total. The van der Waals surface area contributed by atoms with Crippen molar-refractivity contribution in [1.29, 1.82) is 0 Å². The van der Waals surface area contributed by atoms with E-state index in [4.69, 9.17) is 9.98 Å². The number of amidine groups is 2. The third-order valence-corrected chi connectivity index (χ3v) is 10.5. The van der Waals surface area contributed by atoms with E-state index in [9.17, 15) is 0 Å². The van der Waals surface area contributed by atoms with Crippen molar-refractivity contribution in [2.45, 2.75) is 13.0 Å². The van der Waals surface area contributed by atoms with Gasteiger partial charge in [-0.2, -0.15) is 0 Å². The Morgan fingerprint density at radius 1 is 0.439 bits per heavy atom. The van der Waals surface area contributed by atoms with Gasteiger partial charge in [0.15, 0.2) is 11.7 Å². The predicted molar refractivity (Wildman–Crippen MR) is 239 cm³/mol. The first-order chi connectivity index (χ1) is 28.2. The molecule has 9 rings (SSSR count). The second-order valence-electron chi connectivity index (χ2n) is 14.1. The van der Waals surface area contributed by atoms with Crippen LogP contribution in [0.5, 0.6) is 0 Å². The van der Waals surface area contributed by atoms with Crippen molar-refractivity contribution in [2.24, 2.45) is 15.0 Å². The van der Waals surface area contributed by atoms with Crippen LogP contribution in [-0.2, 0) is 13.0 Å². The normalized spacial score (nSPS) is 12.1. The van der Waals surface area contributed by atoms with Crippen molar-refractivity contribution in [1.82, 2.24) is 0 Å². The van der Waals surface area contributed by atoms with Gasteiger partial charge in [0.2, 0.25) is 0 Å². The number of fused-ring (bicyclic) bond motifs is 3. The van der Waals surface area contributed by atoms with Gasteiger partial charge in [-0.3, -0.25) is 4.99 Å². The Morgan fingerprint density at radius 2 is 0.912 bits per heavy atom. The molecule has 0 aliphatic heterocycles. The lowest BCUT2D eigenvalue weighted by Crippen LogP contribution is -2.10. The largest absolute Gasteiger partial charge is 0.310 e. The first-order valence-corrected chi connectivity index (χ1v) is 19.3. The summed E-state index contributed by atoms with van der Waals surface area (Å²) < 4.78 is 0. The number of para-hydroxylation sites is 1. The molecule has 0 N–H and O–H groups in total. The molecule has 272 valence electrons. The lowest BCUT2D eigenvalue weighted by molar-refractivity contribution is 1.06. The maximum atomic E-state index is 4.96. The van der Waals surface area contributed by atoms with Gasteiger partial charge in [-0.1, -0.05) is 170 Å². The van der Waals surface area contributed by atoms with Crippen molar-refractivity contribution in [3.8, 4) is 33.4 Å². The molecule has 0 bridgehead atoms. The Morgan fingerprint density at radius 3 is 1.56 bits per heavy atom. The van der Waals surface area contributed by atoms with Crippen LogP contribution >= 0.6 is 0 Å². The van der Waals surface area contributed by atoms with Gasteiger partial charge in [-0.25, -0.2) is 9.98 Å². The second kappa shape index (κ2) is 16.1. The molecule has 8 aromatic rings. The average Bonchev–Trinajstić information content (AvgIpc) is 3.65. The van der Waals surface area contributed by atoms with Gasteiger partial charge >= 0.3 is 0 Å². The number of rotatable bonds is 9. The number of aliphatic imine (C=N–C) groups is 3. The summed E-state index contributed by atoms with van der Waals surface area (Å²) in [6.07, 6.45) is 0.891. The molecule has 0 saturated heterocycles. The van der Waals surface area contributed by atoms with Gasteiger partial charge in [0.25, 0.3) is 0 Å². The van der Waals surface area contributed by atoms with Gasteiger partial charge in [-0.15, -0.1) is 0 Å². The minimum absolute atomic E-state index is 0.492. The van der Waals surface area contributed by atoms with Crippen LogP contribution in [0.1, 0.15) is 27.8 Å². The van der Waals surface area contributed by atoms with Gasteiger partial charge in [0.05, 0.1) is 6.54 Å². The molecule has 8 aromatic carbocycles. The molecule has 0 atom stereocenters. The quantitative estimate of drug-likeness (QED) is 0.108. The highest BCUT2D eigenvalue weighted by atomic mass is 15.1. The van der Waals surface area contributed by atoms with Gasteiger partial charge in [0.1, 0.15) is 0 Å². The molecule has 0 aromatic heterocycles. The number of benzene rings is 8. The van der Waals surface area contributed by atoms with Crippen molar-refractivity contribution in [3.63, 3.8) is 0 Å². The maximum Gasteiger partial charge on any atom is 0.161 e. The standard InChI is InChI=1S/C53H40N4/c1-54-52(42-16-8-3-9-17-42)56-53(43-18-10-4-11-19-43)55-37-38-22-24-41(25-23-38)44-28-32-50-45(34-44)35-46-36-49(31-33-51(46)50)57(47-20-12-5-13-21-47)48-29-26-40(27-30-48)39-14-6-2-7-15-39/h2-34,36H,1,35,37H2/b55-53-,56-52-. The fourth-order valence-electron chi connectivity index (χ4n) is 7.60. The molecular formula is C53H40N4. The highest BCUT2D eigenvalue weighted by Gasteiger charge is 2.22. The van der Waals surface area contributed by atoms with E-state index >= 15 is 0 Å². The summed E-state index contributed by atoms with van der Waals surface area (Å²) in [6.45, 7) is 4.27. The lowest BCUT2D eigenvalue weighted by Gasteiger charge is -2.26. The molecule has 0 amide bonds. The van der Waals surface area contributed by atoms with Crippen LogP contribution in [0.4, 0.5) is 17.1 Å². The molecule has 0 radical (unpaired) electrons. The minimum atomic E-state index is 0.492. The number of nitrogens with zero attached hydrogens (tertiary/aromatic N) is 4. The highest BCUT2D eigenvalue weighted by molar-refractivity contribution is 6.12. The van der Waals surface area contributed by atoms with E-state index in [1.165, 1.54) is 44.5 Å². The van der Waals surface area contributed by atoms with Crippen molar-refractivity contribution < 1.29 is 0 Å². The zero-order chi connectivity index (χ0) is 38.4. The fraction of sp³-hybridized carbons (Fsp3) is 0.0377. The zero-order valence-corrected chi connectivity index (χ0v) is 31.5. The van der Waals surface area contributed by atoms with Crippen LogP contribution in [0.15, 0.2) is 221 Å². The van der Waals surface area contributed by atoms with E-state index in [0.717, 1.165) is 40.2 Å². The Bertz CT molecular complexity index is 2700. The molecule has 1 aliphatic carbocycles. The summed E-state index contributed by atoms with van der Waals surface area (Å²) in [7, 11) is 0. The van der Waals surface area contributed by atoms with Crippen molar-refractivity contribution in [3.05, 3.63) is 234 Å². The molecule has 0 heterocycles. The van der Waals surface area contributed by atoms with E-state index in [-0.39, 0.29) is 0 Å². The molecule has 4 heteroatoms. The van der Waals surface area contributed by atoms with Gasteiger partial charge in [-0.05, 0) is 99.6 Å². The smallest absolute Gasteiger partial charge is 0.161 e. The third kappa shape index (κ3) is 7.62. The first kappa shape index (κ1) is 35.3. The predicted octanol–water partition coefficient (Wildman–Crippen LogP) is 13.2. The molecule has 0 spiro atoms. The summed E-state index contributed by atoms with van der Waals surface area (Å²) in [4.78, 5) is 16.4. The van der Waals surface area contributed by atoms with Crippen molar-refractivity contribution in [2.75, 3.05) is 4.90 Å². The zero-order valence-electron chi connectivity index (χ0n) is 31.5. The molecule has 0 fully saturated rings. The van der Waals surface area contributed by atoms with Crippen LogP contribution in [0, 0.1) is 0 Å². The summed E-state index contributed by atoms with van der Waals surface area (Å²) in [5, 5.41) is 0.